The van der Waals surface area contributed by atoms with Gasteiger partial charge in [-0.15, -0.1) is 0 Å². The Kier molecular flexibility index (Phi) is 2.86. The zero-order valence-corrected chi connectivity index (χ0v) is 11.0. The number of carbonyl (C=O) groups is 1. The number of benzene rings is 2. The predicted molar refractivity (Wildman–Crippen MR) is 73.7 cm³/mol. The molecule has 1 aliphatic heterocycles. The van der Waals surface area contributed by atoms with E-state index in [4.69, 9.17) is 4.74 Å². The van der Waals surface area contributed by atoms with Gasteiger partial charge in [0.05, 0.1) is 0 Å². The Labute approximate surface area is 116 Å². The third kappa shape index (κ3) is 1.99. The van der Waals surface area contributed by atoms with Crippen LogP contribution in [0, 0.1) is 0 Å². The lowest BCUT2D eigenvalue weighted by molar-refractivity contribution is 0.0991. The lowest BCUT2D eigenvalue weighted by Crippen LogP contribution is -2.02. The minimum Gasteiger partial charge on any atom is -0.508 e. The second-order valence-corrected chi connectivity index (χ2v) is 4.84. The molecule has 0 aromatic heterocycles. The number of rotatable bonds is 1. The lowest BCUT2D eigenvalue weighted by atomic mass is 10.00. The Morgan fingerprint density at radius 3 is 2.70 bits per heavy atom. The highest BCUT2D eigenvalue weighted by molar-refractivity contribution is 6.03. The maximum atomic E-state index is 12.3. The molecule has 3 rings (SSSR count). The molecule has 0 aliphatic carbocycles. The summed E-state index contributed by atoms with van der Waals surface area (Å²) in [5.74, 6) is 0.163. The summed E-state index contributed by atoms with van der Waals surface area (Å²) in [5.41, 5.74) is 2.04. The number of aromatic hydroxyl groups is 2. The first kappa shape index (κ1) is 12.5. The molecule has 2 N–H and O–H groups in total. The summed E-state index contributed by atoms with van der Waals surface area (Å²) in [6, 6.07) is 8.19. The number of carbonyl (C=O) groups excluding carboxylic acids is 1. The molecule has 4 heteroatoms. The van der Waals surface area contributed by atoms with Gasteiger partial charge < -0.3 is 14.9 Å². The summed E-state index contributed by atoms with van der Waals surface area (Å²) in [6.45, 7) is 2.04. The first-order chi connectivity index (χ1) is 9.58. The Hall–Kier alpha value is -2.49. The third-order valence-electron chi connectivity index (χ3n) is 3.45. The van der Waals surface area contributed by atoms with Crippen LogP contribution >= 0.6 is 0 Å². The second-order valence-electron chi connectivity index (χ2n) is 4.84. The van der Waals surface area contributed by atoms with Crippen LogP contribution in [0.3, 0.4) is 0 Å². The van der Waals surface area contributed by atoms with E-state index < -0.39 is 0 Å². The van der Waals surface area contributed by atoms with Crippen molar-refractivity contribution < 1.29 is 19.7 Å². The molecule has 0 spiro atoms. The molecule has 0 amide bonds. The van der Waals surface area contributed by atoms with Crippen LogP contribution in [0.1, 0.15) is 28.4 Å². The highest BCUT2D eigenvalue weighted by Crippen LogP contribution is 2.40. The number of fused-ring (bicyclic) bond motifs is 2. The number of hydrogen-bond donors (Lipinski definition) is 2. The SMILES string of the molecule is CCc1ccc2c(c1)CC(=O)c1c(O)cc(O)cc1O2. The molecule has 2 aromatic carbocycles. The number of ketones is 1. The van der Waals surface area contributed by atoms with Crippen LogP contribution in [0.5, 0.6) is 23.0 Å². The maximum Gasteiger partial charge on any atom is 0.174 e. The topological polar surface area (TPSA) is 66.8 Å². The van der Waals surface area contributed by atoms with E-state index >= 15 is 0 Å². The van der Waals surface area contributed by atoms with Crippen molar-refractivity contribution in [3.8, 4) is 23.0 Å². The number of phenols is 2. The number of hydrogen-bond acceptors (Lipinski definition) is 4. The Balaban J connectivity index is 2.16. The first-order valence-electron chi connectivity index (χ1n) is 6.47. The summed E-state index contributed by atoms with van der Waals surface area (Å²) in [6.07, 6.45) is 1.05. The molecule has 2 aromatic rings. The highest BCUT2D eigenvalue weighted by atomic mass is 16.5. The Morgan fingerprint density at radius 1 is 1.15 bits per heavy atom. The minimum absolute atomic E-state index is 0.122. The van der Waals surface area contributed by atoms with Crippen molar-refractivity contribution in [1.29, 1.82) is 0 Å². The number of aryl methyl sites for hydroxylation is 1. The molecule has 1 aliphatic rings. The molecule has 0 bridgehead atoms. The van der Waals surface area contributed by atoms with E-state index in [1.54, 1.807) is 0 Å². The Bertz CT molecular complexity index is 704. The Morgan fingerprint density at radius 2 is 1.95 bits per heavy atom. The zero-order chi connectivity index (χ0) is 14.3. The van der Waals surface area contributed by atoms with Gasteiger partial charge >= 0.3 is 0 Å². The number of phenolic OH excluding ortho intramolecular Hbond substituents is 2. The van der Waals surface area contributed by atoms with Crippen LogP contribution in [0.25, 0.3) is 0 Å². The van der Waals surface area contributed by atoms with Gasteiger partial charge in [-0.1, -0.05) is 19.1 Å². The fourth-order valence-electron chi connectivity index (χ4n) is 2.42. The van der Waals surface area contributed by atoms with Gasteiger partial charge in [0.25, 0.3) is 0 Å². The van der Waals surface area contributed by atoms with Crippen LogP contribution < -0.4 is 4.74 Å². The maximum absolute atomic E-state index is 12.3. The monoisotopic (exact) mass is 270 g/mol. The molecule has 0 atom stereocenters. The molecular formula is C16H14O4. The molecule has 0 radical (unpaired) electrons. The van der Waals surface area contributed by atoms with Crippen LogP contribution in [-0.2, 0) is 12.8 Å². The molecule has 0 fully saturated rings. The minimum atomic E-state index is -0.256. The van der Waals surface area contributed by atoms with Gasteiger partial charge in [0.2, 0.25) is 0 Å². The number of Topliss-reactive ketones (excluding diaryl/α,β-unsaturated/α-hetero) is 1. The fraction of sp³-hybridized carbons (Fsp3) is 0.188. The summed E-state index contributed by atoms with van der Waals surface area (Å²) in [5, 5.41) is 19.4. The normalized spacial score (nSPS) is 13.2. The third-order valence-corrected chi connectivity index (χ3v) is 3.45. The van der Waals surface area contributed by atoms with Crippen LogP contribution in [0.2, 0.25) is 0 Å². The van der Waals surface area contributed by atoms with Crippen molar-refractivity contribution in [2.24, 2.45) is 0 Å². The van der Waals surface area contributed by atoms with Gasteiger partial charge in [0.1, 0.15) is 28.6 Å². The molecule has 1 heterocycles. The van der Waals surface area contributed by atoms with Crippen LogP contribution in [0.4, 0.5) is 0 Å². The van der Waals surface area contributed by atoms with E-state index in [0.29, 0.717) is 5.75 Å². The van der Waals surface area contributed by atoms with Gasteiger partial charge in [0, 0.05) is 24.1 Å². The largest absolute Gasteiger partial charge is 0.508 e. The summed E-state index contributed by atoms with van der Waals surface area (Å²) >= 11 is 0. The van der Waals surface area contributed by atoms with Crippen molar-refractivity contribution in [1.82, 2.24) is 0 Å². The summed E-state index contributed by atoms with van der Waals surface area (Å²) in [7, 11) is 0. The van der Waals surface area contributed by atoms with Gasteiger partial charge in [-0.3, -0.25) is 4.79 Å². The van der Waals surface area contributed by atoms with Crippen molar-refractivity contribution in [2.75, 3.05) is 0 Å². The summed E-state index contributed by atoms with van der Waals surface area (Å²) in [4.78, 5) is 12.3. The van der Waals surface area contributed by atoms with E-state index in [0.717, 1.165) is 23.6 Å². The van der Waals surface area contributed by atoms with E-state index in [-0.39, 0.29) is 35.0 Å². The average Bonchev–Trinajstić information content (AvgIpc) is 2.52. The molecule has 0 saturated heterocycles. The van der Waals surface area contributed by atoms with Gasteiger partial charge in [-0.25, -0.2) is 0 Å². The fourth-order valence-corrected chi connectivity index (χ4v) is 2.42. The first-order valence-corrected chi connectivity index (χ1v) is 6.47. The quantitative estimate of drug-likeness (QED) is 0.835. The van der Waals surface area contributed by atoms with Crippen molar-refractivity contribution in [3.63, 3.8) is 0 Å². The van der Waals surface area contributed by atoms with E-state index in [1.807, 2.05) is 25.1 Å². The molecule has 102 valence electrons. The molecular weight excluding hydrogens is 256 g/mol. The van der Waals surface area contributed by atoms with E-state index in [2.05, 4.69) is 0 Å². The van der Waals surface area contributed by atoms with E-state index in [1.165, 1.54) is 6.07 Å². The summed E-state index contributed by atoms with van der Waals surface area (Å²) < 4.78 is 5.69. The van der Waals surface area contributed by atoms with Crippen molar-refractivity contribution >= 4 is 5.78 Å². The molecule has 0 saturated carbocycles. The standard InChI is InChI=1S/C16H14O4/c1-2-9-3-4-14-10(5-9)6-12(18)16-13(19)7-11(17)8-15(16)20-14/h3-5,7-8,17,19H,2,6H2,1H3. The average molecular weight is 270 g/mol. The van der Waals surface area contributed by atoms with Crippen molar-refractivity contribution in [2.45, 2.75) is 19.8 Å². The van der Waals surface area contributed by atoms with Crippen molar-refractivity contribution in [3.05, 3.63) is 47.0 Å². The van der Waals surface area contributed by atoms with Gasteiger partial charge in [-0.05, 0) is 18.1 Å². The molecule has 4 nitrogen and oxygen atoms in total. The highest BCUT2D eigenvalue weighted by Gasteiger charge is 2.25. The van der Waals surface area contributed by atoms with E-state index in [9.17, 15) is 15.0 Å². The molecule has 0 unspecified atom stereocenters. The molecule has 20 heavy (non-hydrogen) atoms. The van der Waals surface area contributed by atoms with Crippen LogP contribution in [-0.4, -0.2) is 16.0 Å². The van der Waals surface area contributed by atoms with Gasteiger partial charge in [-0.2, -0.15) is 0 Å². The van der Waals surface area contributed by atoms with Gasteiger partial charge in [0.15, 0.2) is 5.78 Å². The lowest BCUT2D eigenvalue weighted by Gasteiger charge is -2.10. The van der Waals surface area contributed by atoms with Crippen LogP contribution in [0.15, 0.2) is 30.3 Å². The smallest absolute Gasteiger partial charge is 0.174 e. The second kappa shape index (κ2) is 4.56. The zero-order valence-electron chi connectivity index (χ0n) is 11.0. The number of ether oxygens (including phenoxy) is 1. The predicted octanol–water partition coefficient (Wildman–Crippen LogP) is 3.19.